The predicted octanol–water partition coefficient (Wildman–Crippen LogP) is 4.10. The molecule has 0 bridgehead atoms. The van der Waals surface area contributed by atoms with Gasteiger partial charge in [-0.2, -0.15) is 0 Å². The van der Waals surface area contributed by atoms with Gasteiger partial charge in [0.25, 0.3) is 0 Å². The number of carboxylic acids is 1. The number of carbonyl (C=O) groups is 2. The van der Waals surface area contributed by atoms with Crippen LogP contribution in [-0.2, 0) is 9.59 Å². The SMILES string of the molecule is Cc1ccc(-c2c(C)sc3ncnc(NCCC(=O)N4CCC(C(=O)O)CC4)c23)cc1. The van der Waals surface area contributed by atoms with Crippen LogP contribution in [0.2, 0.25) is 0 Å². The maximum absolute atomic E-state index is 12.6. The number of amides is 1. The molecule has 1 amide bonds. The van der Waals surface area contributed by atoms with Crippen molar-refractivity contribution in [1.82, 2.24) is 14.9 Å². The molecule has 7 nitrogen and oxygen atoms in total. The summed E-state index contributed by atoms with van der Waals surface area (Å²) < 4.78 is 0. The number of aliphatic carboxylic acids is 1. The summed E-state index contributed by atoms with van der Waals surface area (Å²) in [6.45, 7) is 5.64. The van der Waals surface area contributed by atoms with Gasteiger partial charge < -0.3 is 15.3 Å². The van der Waals surface area contributed by atoms with Crippen molar-refractivity contribution in [2.24, 2.45) is 5.92 Å². The lowest BCUT2D eigenvalue weighted by Gasteiger charge is -2.30. The molecule has 0 atom stereocenters. The lowest BCUT2D eigenvalue weighted by atomic mass is 9.97. The fourth-order valence-corrected chi connectivity index (χ4v) is 5.08. The number of aryl methyl sites for hydroxylation is 2. The van der Waals surface area contributed by atoms with Crippen LogP contribution in [0.15, 0.2) is 30.6 Å². The van der Waals surface area contributed by atoms with Crippen LogP contribution >= 0.6 is 11.3 Å². The van der Waals surface area contributed by atoms with Gasteiger partial charge in [0.2, 0.25) is 5.91 Å². The molecule has 1 fully saturated rings. The van der Waals surface area contributed by atoms with Crippen LogP contribution < -0.4 is 5.32 Å². The summed E-state index contributed by atoms with van der Waals surface area (Å²) in [5, 5.41) is 13.4. The van der Waals surface area contributed by atoms with E-state index in [9.17, 15) is 9.59 Å². The molecule has 31 heavy (non-hydrogen) atoms. The first-order chi connectivity index (χ1) is 14.9. The molecular weight excluding hydrogens is 412 g/mol. The molecule has 2 aromatic heterocycles. The summed E-state index contributed by atoms with van der Waals surface area (Å²) in [5.74, 6) is -0.320. The minimum absolute atomic E-state index is 0.0434. The summed E-state index contributed by atoms with van der Waals surface area (Å²) in [6, 6.07) is 8.43. The third-order valence-corrected chi connectivity index (χ3v) is 6.85. The van der Waals surface area contributed by atoms with E-state index in [0.29, 0.717) is 38.9 Å². The number of hydrogen-bond donors (Lipinski definition) is 2. The van der Waals surface area contributed by atoms with E-state index in [0.717, 1.165) is 27.2 Å². The zero-order valence-corrected chi connectivity index (χ0v) is 18.5. The number of aromatic nitrogens is 2. The summed E-state index contributed by atoms with van der Waals surface area (Å²) in [6.07, 6.45) is 2.94. The van der Waals surface area contributed by atoms with Crippen molar-refractivity contribution < 1.29 is 14.7 Å². The van der Waals surface area contributed by atoms with Crippen molar-refractivity contribution in [1.29, 1.82) is 0 Å². The van der Waals surface area contributed by atoms with Crippen molar-refractivity contribution in [3.05, 3.63) is 41.0 Å². The van der Waals surface area contributed by atoms with Gasteiger partial charge in [0.1, 0.15) is 17.0 Å². The zero-order valence-electron chi connectivity index (χ0n) is 17.7. The number of carboxylic acid groups (broad SMARTS) is 1. The van der Waals surface area contributed by atoms with E-state index in [-0.39, 0.29) is 11.8 Å². The molecule has 0 radical (unpaired) electrons. The molecular formula is C23H26N4O3S. The van der Waals surface area contributed by atoms with Gasteiger partial charge in [-0.1, -0.05) is 29.8 Å². The van der Waals surface area contributed by atoms with Crippen LogP contribution in [0.5, 0.6) is 0 Å². The largest absolute Gasteiger partial charge is 0.481 e. The molecule has 162 valence electrons. The van der Waals surface area contributed by atoms with Crippen LogP contribution in [0, 0.1) is 19.8 Å². The van der Waals surface area contributed by atoms with Crippen molar-refractivity contribution in [2.45, 2.75) is 33.1 Å². The Balaban J connectivity index is 1.46. The summed E-state index contributed by atoms with van der Waals surface area (Å²) in [7, 11) is 0. The molecule has 8 heteroatoms. The number of hydrogen-bond acceptors (Lipinski definition) is 6. The minimum atomic E-state index is -0.767. The van der Waals surface area contributed by atoms with E-state index < -0.39 is 5.97 Å². The first-order valence-electron chi connectivity index (χ1n) is 10.5. The van der Waals surface area contributed by atoms with Crippen LogP contribution in [-0.4, -0.2) is 51.5 Å². The molecule has 0 saturated carbocycles. The number of rotatable bonds is 6. The van der Waals surface area contributed by atoms with E-state index in [1.54, 1.807) is 22.6 Å². The highest BCUT2D eigenvalue weighted by molar-refractivity contribution is 7.19. The maximum atomic E-state index is 12.6. The van der Waals surface area contributed by atoms with Crippen molar-refractivity contribution in [2.75, 3.05) is 25.0 Å². The van der Waals surface area contributed by atoms with Crippen molar-refractivity contribution in [3.8, 4) is 11.1 Å². The average molecular weight is 439 g/mol. The Morgan fingerprint density at radius 3 is 2.55 bits per heavy atom. The van der Waals surface area contributed by atoms with Crippen molar-refractivity contribution in [3.63, 3.8) is 0 Å². The molecule has 3 heterocycles. The second kappa shape index (κ2) is 9.01. The first kappa shape index (κ1) is 21.2. The lowest BCUT2D eigenvalue weighted by molar-refractivity contribution is -0.145. The number of benzene rings is 1. The predicted molar refractivity (Wildman–Crippen MR) is 122 cm³/mol. The zero-order chi connectivity index (χ0) is 22.0. The van der Waals surface area contributed by atoms with E-state index in [1.807, 2.05) is 0 Å². The minimum Gasteiger partial charge on any atom is -0.481 e. The Hall–Kier alpha value is -3.00. The van der Waals surface area contributed by atoms with E-state index >= 15 is 0 Å². The smallest absolute Gasteiger partial charge is 0.306 e. The van der Waals surface area contributed by atoms with E-state index in [1.165, 1.54) is 10.4 Å². The summed E-state index contributed by atoms with van der Waals surface area (Å²) in [5.41, 5.74) is 3.47. The van der Waals surface area contributed by atoms with Gasteiger partial charge in [0, 0.05) is 36.5 Å². The Morgan fingerprint density at radius 1 is 1.16 bits per heavy atom. The molecule has 1 saturated heterocycles. The van der Waals surface area contributed by atoms with Crippen LogP contribution in [0.4, 0.5) is 5.82 Å². The highest BCUT2D eigenvalue weighted by atomic mass is 32.1. The first-order valence-corrected chi connectivity index (χ1v) is 11.3. The molecule has 0 spiro atoms. The lowest BCUT2D eigenvalue weighted by Crippen LogP contribution is -2.40. The fraction of sp³-hybridized carbons (Fsp3) is 0.391. The highest BCUT2D eigenvalue weighted by Crippen LogP contribution is 2.40. The fourth-order valence-electron chi connectivity index (χ4n) is 4.07. The molecule has 4 rings (SSSR count). The number of carbonyl (C=O) groups excluding carboxylic acids is 1. The van der Waals surface area contributed by atoms with E-state index in [4.69, 9.17) is 5.11 Å². The topological polar surface area (TPSA) is 95.4 Å². The number of likely N-dealkylation sites (tertiary alicyclic amines) is 1. The van der Waals surface area contributed by atoms with Crippen molar-refractivity contribution >= 4 is 39.2 Å². The Kier molecular flexibility index (Phi) is 6.18. The molecule has 1 aromatic carbocycles. The van der Waals surface area contributed by atoms with Gasteiger partial charge in [-0.05, 0) is 32.3 Å². The van der Waals surface area contributed by atoms with Gasteiger partial charge in [0.05, 0.1) is 11.3 Å². The van der Waals surface area contributed by atoms with Crippen LogP contribution in [0.3, 0.4) is 0 Å². The maximum Gasteiger partial charge on any atom is 0.306 e. The number of thiophene rings is 1. The van der Waals surface area contributed by atoms with Crippen LogP contribution in [0.25, 0.3) is 21.3 Å². The Labute approximate surface area is 185 Å². The summed E-state index contributed by atoms with van der Waals surface area (Å²) in [4.78, 5) is 36.4. The molecule has 0 unspecified atom stereocenters. The number of fused-ring (bicyclic) bond motifs is 1. The molecule has 2 N–H and O–H groups in total. The summed E-state index contributed by atoms with van der Waals surface area (Å²) >= 11 is 1.64. The Bertz CT molecular complexity index is 1100. The van der Waals surface area contributed by atoms with Gasteiger partial charge in [0.15, 0.2) is 0 Å². The monoisotopic (exact) mass is 438 g/mol. The van der Waals surface area contributed by atoms with Gasteiger partial charge >= 0.3 is 5.97 Å². The Morgan fingerprint density at radius 2 is 1.87 bits per heavy atom. The average Bonchev–Trinajstić information content (AvgIpc) is 3.11. The third-order valence-electron chi connectivity index (χ3n) is 5.83. The van der Waals surface area contributed by atoms with Gasteiger partial charge in [-0.25, -0.2) is 9.97 Å². The second-order valence-corrected chi connectivity index (χ2v) is 9.17. The number of anilines is 1. The molecule has 1 aliphatic rings. The normalized spacial score (nSPS) is 14.7. The van der Waals surface area contributed by atoms with Gasteiger partial charge in [-0.15, -0.1) is 11.3 Å². The number of nitrogens with one attached hydrogen (secondary N) is 1. The van der Waals surface area contributed by atoms with E-state index in [2.05, 4.69) is 53.4 Å². The second-order valence-electron chi connectivity index (χ2n) is 7.97. The highest BCUT2D eigenvalue weighted by Gasteiger charge is 2.26. The quantitative estimate of drug-likeness (QED) is 0.602. The standard InChI is InChI=1S/C23H26N4O3S/c1-14-3-5-16(6-4-14)19-15(2)31-22-20(19)21(25-13-26-22)24-10-7-18(28)27-11-8-17(9-12-27)23(29)30/h3-6,13,17H,7-12H2,1-2H3,(H,29,30)(H,24,25,26). The third kappa shape index (κ3) is 4.54. The molecule has 3 aromatic rings. The van der Waals surface area contributed by atoms with Gasteiger partial charge in [-0.3, -0.25) is 9.59 Å². The molecule has 0 aliphatic carbocycles. The molecule has 1 aliphatic heterocycles. The number of piperidine rings is 1. The number of nitrogens with zero attached hydrogens (tertiary/aromatic N) is 3. The van der Waals surface area contributed by atoms with Crippen LogP contribution in [0.1, 0.15) is 29.7 Å².